The lowest BCUT2D eigenvalue weighted by Gasteiger charge is -2.33. The monoisotopic (exact) mass is 308 g/mol. The van der Waals surface area contributed by atoms with Gasteiger partial charge in [0.2, 0.25) is 5.91 Å². The Bertz CT molecular complexity index is 508. The molecular weight excluding hydrogens is 284 g/mol. The molecule has 1 amide bonds. The summed E-state index contributed by atoms with van der Waals surface area (Å²) < 4.78 is 5.20. The van der Waals surface area contributed by atoms with Gasteiger partial charge in [0.05, 0.1) is 0 Å². The van der Waals surface area contributed by atoms with Gasteiger partial charge < -0.3 is 9.64 Å². The second-order valence-electron chi connectivity index (χ2n) is 7.03. The first-order chi connectivity index (χ1) is 9.97. The van der Waals surface area contributed by atoms with Crippen molar-refractivity contribution < 1.29 is 9.53 Å². The lowest BCUT2D eigenvalue weighted by Crippen LogP contribution is -2.39. The van der Waals surface area contributed by atoms with Crippen molar-refractivity contribution in [3.8, 4) is 0 Å². The fourth-order valence-electron chi connectivity index (χ4n) is 3.05. The molecule has 1 spiro atoms. The minimum atomic E-state index is -0.260. The molecule has 4 nitrogen and oxygen atoms in total. The first-order valence-corrected chi connectivity index (χ1v) is 8.52. The first-order valence-electron chi connectivity index (χ1n) is 7.57. The first kappa shape index (κ1) is 15.0. The van der Waals surface area contributed by atoms with Gasteiger partial charge in [-0.3, -0.25) is 10.1 Å². The largest absolute Gasteiger partial charge is 0.385 e. The van der Waals surface area contributed by atoms with Crippen molar-refractivity contribution in [2.45, 2.75) is 44.8 Å². The van der Waals surface area contributed by atoms with Gasteiger partial charge in [0.25, 0.3) is 0 Å². The average Bonchev–Trinajstić information content (AvgIpc) is 2.93. The molecule has 1 aromatic heterocycles. The number of hydrogen-bond acceptors (Lipinski definition) is 4. The van der Waals surface area contributed by atoms with Crippen LogP contribution in [0.5, 0.6) is 0 Å². The minimum absolute atomic E-state index is 0.0352. The summed E-state index contributed by atoms with van der Waals surface area (Å²) in [6, 6.07) is 2.12. The lowest BCUT2D eigenvalue weighted by molar-refractivity contribution is -0.132. The number of amides is 1. The zero-order valence-electron chi connectivity index (χ0n) is 13.0. The Morgan fingerprint density at radius 1 is 1.52 bits per heavy atom. The van der Waals surface area contributed by atoms with Crippen LogP contribution in [0, 0.1) is 5.41 Å². The van der Waals surface area contributed by atoms with Crippen LogP contribution in [-0.4, -0.2) is 36.6 Å². The number of carbonyl (C=O) groups is 1. The summed E-state index contributed by atoms with van der Waals surface area (Å²) in [5.41, 5.74) is 1.01. The van der Waals surface area contributed by atoms with Crippen molar-refractivity contribution >= 4 is 17.2 Å². The van der Waals surface area contributed by atoms with E-state index >= 15 is 0 Å². The van der Waals surface area contributed by atoms with E-state index in [0.717, 1.165) is 32.4 Å². The fraction of sp³-hybridized carbons (Fsp3) is 0.688. The number of carbonyl (C=O) groups excluding carboxylic acids is 1. The third kappa shape index (κ3) is 2.87. The highest BCUT2D eigenvalue weighted by molar-refractivity contribution is 7.07. The van der Waals surface area contributed by atoms with Crippen molar-refractivity contribution in [2.75, 3.05) is 20.3 Å². The molecule has 1 saturated carbocycles. The number of thiophene rings is 1. The van der Waals surface area contributed by atoms with E-state index in [4.69, 9.17) is 4.74 Å². The van der Waals surface area contributed by atoms with Gasteiger partial charge in [-0.05, 0) is 47.1 Å². The van der Waals surface area contributed by atoms with E-state index in [0.29, 0.717) is 0 Å². The van der Waals surface area contributed by atoms with Gasteiger partial charge in [0, 0.05) is 20.3 Å². The van der Waals surface area contributed by atoms with E-state index in [1.807, 2.05) is 4.90 Å². The second kappa shape index (κ2) is 5.38. The van der Waals surface area contributed by atoms with Gasteiger partial charge in [-0.15, -0.1) is 0 Å². The molecule has 2 aliphatic rings. The maximum atomic E-state index is 12.8. The van der Waals surface area contributed by atoms with Crippen LogP contribution < -0.4 is 5.32 Å². The maximum Gasteiger partial charge on any atom is 0.244 e. The van der Waals surface area contributed by atoms with Gasteiger partial charge in [-0.25, -0.2) is 0 Å². The summed E-state index contributed by atoms with van der Waals surface area (Å²) in [5.74, 6) is 0.282. The Kier molecular flexibility index (Phi) is 3.84. The Morgan fingerprint density at radius 2 is 2.29 bits per heavy atom. The van der Waals surface area contributed by atoms with E-state index in [2.05, 4.69) is 36.0 Å². The summed E-state index contributed by atoms with van der Waals surface area (Å²) in [7, 11) is 1.73. The summed E-state index contributed by atoms with van der Waals surface area (Å²) in [4.78, 5) is 14.8. The molecule has 1 unspecified atom stereocenters. The Hall–Kier alpha value is -0.910. The summed E-state index contributed by atoms with van der Waals surface area (Å²) in [6.07, 6.45) is 2.94. The zero-order valence-corrected chi connectivity index (χ0v) is 13.8. The predicted molar refractivity (Wildman–Crippen MR) is 84.1 cm³/mol. The summed E-state index contributed by atoms with van der Waals surface area (Å²) in [5, 5.41) is 7.79. The minimum Gasteiger partial charge on any atom is -0.385 e. The zero-order chi connectivity index (χ0) is 15.1. The Balaban J connectivity index is 1.78. The van der Waals surface area contributed by atoms with E-state index in [1.54, 1.807) is 18.4 Å². The van der Waals surface area contributed by atoms with Gasteiger partial charge in [-0.1, -0.05) is 13.8 Å². The van der Waals surface area contributed by atoms with Gasteiger partial charge in [0.1, 0.15) is 11.7 Å². The van der Waals surface area contributed by atoms with Crippen molar-refractivity contribution in [1.82, 2.24) is 10.2 Å². The summed E-state index contributed by atoms with van der Waals surface area (Å²) >= 11 is 1.68. The number of nitrogens with zero attached hydrogens (tertiary/aromatic N) is 1. The fourth-order valence-corrected chi connectivity index (χ4v) is 3.73. The topological polar surface area (TPSA) is 41.6 Å². The second-order valence-corrected chi connectivity index (χ2v) is 7.81. The van der Waals surface area contributed by atoms with Gasteiger partial charge in [0.15, 0.2) is 0 Å². The van der Waals surface area contributed by atoms with Crippen LogP contribution in [0.15, 0.2) is 16.8 Å². The van der Waals surface area contributed by atoms with E-state index in [9.17, 15) is 4.79 Å². The molecule has 1 aliphatic heterocycles. The molecule has 1 N–H and O–H groups in total. The highest BCUT2D eigenvalue weighted by Crippen LogP contribution is 2.47. The standard InChI is InChI=1S/C16H24N2O2S/c1-15(2,7-8-20-3)11-18-13(12-4-9-21-10-12)17-16(5-6-16)14(18)19/h4,9-10,13,17H,5-8,11H2,1-3H3. The van der Waals surface area contributed by atoms with Crippen molar-refractivity contribution in [3.63, 3.8) is 0 Å². The molecule has 2 heterocycles. The molecule has 1 aromatic rings. The predicted octanol–water partition coefficient (Wildman–Crippen LogP) is 2.77. The SMILES string of the molecule is COCCC(C)(C)CN1C(=O)C2(CC2)NC1c1ccsc1. The summed E-state index contributed by atoms with van der Waals surface area (Å²) in [6.45, 7) is 5.92. The molecule has 0 bridgehead atoms. The van der Waals surface area contributed by atoms with Crippen LogP contribution in [0.25, 0.3) is 0 Å². The molecule has 1 saturated heterocycles. The molecule has 2 fully saturated rings. The normalized spacial score (nSPS) is 24.0. The Morgan fingerprint density at radius 3 is 2.86 bits per heavy atom. The lowest BCUT2D eigenvalue weighted by atomic mass is 9.88. The van der Waals surface area contributed by atoms with Crippen LogP contribution in [0.2, 0.25) is 0 Å². The molecule has 1 atom stereocenters. The smallest absolute Gasteiger partial charge is 0.244 e. The molecule has 116 valence electrons. The Labute approximate surface area is 130 Å². The number of methoxy groups -OCH3 is 1. The van der Waals surface area contributed by atoms with E-state index in [1.165, 1.54) is 5.56 Å². The van der Waals surface area contributed by atoms with Crippen LogP contribution in [0.1, 0.15) is 44.8 Å². The maximum absolute atomic E-state index is 12.8. The average molecular weight is 308 g/mol. The number of hydrogen-bond donors (Lipinski definition) is 1. The van der Waals surface area contributed by atoms with Crippen LogP contribution in [-0.2, 0) is 9.53 Å². The van der Waals surface area contributed by atoms with E-state index in [-0.39, 0.29) is 23.0 Å². The van der Waals surface area contributed by atoms with Crippen molar-refractivity contribution in [2.24, 2.45) is 5.41 Å². The quantitative estimate of drug-likeness (QED) is 0.878. The third-order valence-electron chi connectivity index (χ3n) is 4.59. The van der Waals surface area contributed by atoms with Gasteiger partial charge >= 0.3 is 0 Å². The van der Waals surface area contributed by atoms with Crippen LogP contribution in [0.3, 0.4) is 0 Å². The molecule has 1 aliphatic carbocycles. The molecule has 0 radical (unpaired) electrons. The third-order valence-corrected chi connectivity index (χ3v) is 5.29. The molecule has 5 heteroatoms. The van der Waals surface area contributed by atoms with Crippen molar-refractivity contribution in [1.29, 1.82) is 0 Å². The highest BCUT2D eigenvalue weighted by Gasteiger charge is 2.59. The molecule has 21 heavy (non-hydrogen) atoms. The number of rotatable bonds is 6. The number of nitrogens with one attached hydrogen (secondary N) is 1. The van der Waals surface area contributed by atoms with Crippen molar-refractivity contribution in [3.05, 3.63) is 22.4 Å². The number of ether oxygens (including phenoxy) is 1. The van der Waals surface area contributed by atoms with Crippen LogP contribution >= 0.6 is 11.3 Å². The van der Waals surface area contributed by atoms with E-state index < -0.39 is 0 Å². The molecular formula is C16H24N2O2S. The highest BCUT2D eigenvalue weighted by atomic mass is 32.1. The van der Waals surface area contributed by atoms with Gasteiger partial charge in [-0.2, -0.15) is 11.3 Å². The molecule has 3 rings (SSSR count). The van der Waals surface area contributed by atoms with Crippen LogP contribution in [0.4, 0.5) is 0 Å². The molecule has 0 aromatic carbocycles.